The van der Waals surface area contributed by atoms with E-state index in [0.717, 1.165) is 0 Å². The molecule has 0 aromatic rings. The molecule has 2 saturated heterocycles. The average molecular weight is 271 g/mol. The van der Waals surface area contributed by atoms with Crippen LogP contribution < -0.4 is 0 Å². The van der Waals surface area contributed by atoms with Crippen LogP contribution >= 0.6 is 0 Å². The van der Waals surface area contributed by atoms with Gasteiger partial charge in [0.1, 0.15) is 12.1 Å². The maximum Gasteiger partial charge on any atom is 0.303 e. The molecule has 2 aliphatic heterocycles. The Labute approximate surface area is 108 Å². The molecule has 2 bridgehead atoms. The minimum absolute atomic E-state index is 0.178. The Hall–Kier alpha value is -1.83. The molecule has 0 aliphatic carbocycles. The highest BCUT2D eigenvalue weighted by molar-refractivity contribution is 5.67. The van der Waals surface area contributed by atoms with Gasteiger partial charge in [0.15, 0.2) is 18.5 Å². The number of hydrogen-bond donors (Lipinski definition) is 0. The summed E-state index contributed by atoms with van der Waals surface area (Å²) in [6.45, 7) is 2.63. The normalized spacial score (nSPS) is 36.2. The first-order valence-corrected chi connectivity index (χ1v) is 5.68. The smallest absolute Gasteiger partial charge is 0.303 e. The zero-order chi connectivity index (χ0) is 14.0. The molecule has 9 nitrogen and oxygen atoms in total. The predicted octanol–water partition coefficient (Wildman–Crippen LogP) is 0.284. The van der Waals surface area contributed by atoms with Gasteiger partial charge in [-0.2, -0.15) is 0 Å². The highest BCUT2D eigenvalue weighted by atomic mass is 16.7. The van der Waals surface area contributed by atoms with E-state index in [9.17, 15) is 9.59 Å². The van der Waals surface area contributed by atoms with E-state index in [1.54, 1.807) is 0 Å². The SMILES string of the molecule is CC(=O)OC1C2COC(O2)C(N=[N+]=[N-])C1OC(C)=O. The van der Waals surface area contributed by atoms with Crippen LogP contribution in [-0.2, 0) is 28.5 Å². The Morgan fingerprint density at radius 1 is 1.26 bits per heavy atom. The van der Waals surface area contributed by atoms with Crippen molar-refractivity contribution in [2.45, 2.75) is 44.5 Å². The molecule has 2 heterocycles. The molecule has 2 aliphatic rings. The summed E-state index contributed by atoms with van der Waals surface area (Å²) in [5.41, 5.74) is 8.56. The van der Waals surface area contributed by atoms with Crippen LogP contribution in [0, 0.1) is 0 Å². The fourth-order valence-corrected chi connectivity index (χ4v) is 2.20. The molecule has 0 saturated carbocycles. The van der Waals surface area contributed by atoms with Crippen molar-refractivity contribution in [2.75, 3.05) is 6.61 Å². The fourth-order valence-electron chi connectivity index (χ4n) is 2.20. The molecule has 0 aromatic carbocycles. The highest BCUT2D eigenvalue weighted by Gasteiger charge is 2.53. The molecule has 5 unspecified atom stereocenters. The molecule has 2 fully saturated rings. The molecular weight excluding hydrogens is 258 g/mol. The van der Waals surface area contributed by atoms with Gasteiger partial charge in [-0.3, -0.25) is 9.59 Å². The van der Waals surface area contributed by atoms with Gasteiger partial charge < -0.3 is 18.9 Å². The van der Waals surface area contributed by atoms with Gasteiger partial charge in [-0.25, -0.2) is 0 Å². The third kappa shape index (κ3) is 2.78. The topological polar surface area (TPSA) is 120 Å². The van der Waals surface area contributed by atoms with E-state index < -0.39 is 42.6 Å². The third-order valence-corrected chi connectivity index (χ3v) is 2.83. The Kier molecular flexibility index (Phi) is 3.89. The lowest BCUT2D eigenvalue weighted by molar-refractivity contribution is -0.209. The number of esters is 2. The summed E-state index contributed by atoms with van der Waals surface area (Å²) in [6.07, 6.45) is -3.10. The van der Waals surface area contributed by atoms with Crippen molar-refractivity contribution < 1.29 is 28.5 Å². The second kappa shape index (κ2) is 5.43. The van der Waals surface area contributed by atoms with Crippen molar-refractivity contribution in [3.8, 4) is 0 Å². The number of carbonyl (C=O) groups excluding carboxylic acids is 2. The van der Waals surface area contributed by atoms with Crippen LogP contribution in [0.3, 0.4) is 0 Å². The van der Waals surface area contributed by atoms with E-state index in [0.29, 0.717) is 0 Å². The van der Waals surface area contributed by atoms with Gasteiger partial charge in [-0.1, -0.05) is 5.11 Å². The van der Waals surface area contributed by atoms with Gasteiger partial charge in [0.05, 0.1) is 6.61 Å². The van der Waals surface area contributed by atoms with E-state index in [4.69, 9.17) is 24.5 Å². The molecular formula is C10H13N3O6. The fraction of sp³-hybridized carbons (Fsp3) is 0.800. The quantitative estimate of drug-likeness (QED) is 0.315. The van der Waals surface area contributed by atoms with E-state index in [-0.39, 0.29) is 6.61 Å². The van der Waals surface area contributed by atoms with Crippen molar-refractivity contribution in [3.05, 3.63) is 10.4 Å². The molecule has 0 amide bonds. The minimum atomic E-state index is -0.913. The Morgan fingerprint density at radius 2 is 1.89 bits per heavy atom. The zero-order valence-corrected chi connectivity index (χ0v) is 10.4. The lowest BCUT2D eigenvalue weighted by Crippen LogP contribution is -2.56. The summed E-state index contributed by atoms with van der Waals surface area (Å²) >= 11 is 0. The maximum atomic E-state index is 11.1. The maximum absolute atomic E-state index is 11.1. The van der Waals surface area contributed by atoms with Gasteiger partial charge in [0.25, 0.3) is 0 Å². The molecule has 2 rings (SSSR count). The number of carbonyl (C=O) groups is 2. The second-order valence-corrected chi connectivity index (χ2v) is 4.22. The summed E-state index contributed by atoms with van der Waals surface area (Å²) in [7, 11) is 0. The molecule has 0 spiro atoms. The Bertz CT molecular complexity index is 435. The summed E-state index contributed by atoms with van der Waals surface area (Å²) in [5.74, 6) is -1.11. The summed E-state index contributed by atoms with van der Waals surface area (Å²) < 4.78 is 20.9. The number of ether oxygens (including phenoxy) is 4. The second-order valence-electron chi connectivity index (χ2n) is 4.22. The molecule has 0 aromatic heterocycles. The van der Waals surface area contributed by atoms with E-state index in [1.807, 2.05) is 0 Å². The van der Waals surface area contributed by atoms with Crippen molar-refractivity contribution in [1.29, 1.82) is 0 Å². The van der Waals surface area contributed by atoms with Gasteiger partial charge >= 0.3 is 11.9 Å². The molecule has 5 atom stereocenters. The largest absolute Gasteiger partial charge is 0.458 e. The Morgan fingerprint density at radius 3 is 2.47 bits per heavy atom. The first-order chi connectivity index (χ1) is 9.02. The summed E-state index contributed by atoms with van der Waals surface area (Å²) in [4.78, 5) is 24.9. The van der Waals surface area contributed by atoms with Crippen LogP contribution in [0.15, 0.2) is 5.11 Å². The number of rotatable bonds is 3. The molecule has 0 N–H and O–H groups in total. The van der Waals surface area contributed by atoms with Crippen molar-refractivity contribution in [2.24, 2.45) is 5.11 Å². The van der Waals surface area contributed by atoms with Gasteiger partial charge in [0.2, 0.25) is 0 Å². The first kappa shape index (κ1) is 13.6. The molecule has 9 heteroatoms. The van der Waals surface area contributed by atoms with Gasteiger partial charge in [-0.15, -0.1) is 0 Å². The van der Waals surface area contributed by atoms with Gasteiger partial charge in [-0.05, 0) is 5.53 Å². The highest BCUT2D eigenvalue weighted by Crippen LogP contribution is 2.33. The lowest BCUT2D eigenvalue weighted by Gasteiger charge is -2.37. The minimum Gasteiger partial charge on any atom is -0.458 e. The van der Waals surface area contributed by atoms with Crippen LogP contribution in [0.4, 0.5) is 0 Å². The van der Waals surface area contributed by atoms with Crippen LogP contribution in [0.2, 0.25) is 0 Å². The van der Waals surface area contributed by atoms with Crippen molar-refractivity contribution in [1.82, 2.24) is 0 Å². The van der Waals surface area contributed by atoms with Crippen LogP contribution in [0.5, 0.6) is 0 Å². The van der Waals surface area contributed by atoms with E-state index in [1.165, 1.54) is 13.8 Å². The summed E-state index contributed by atoms with van der Waals surface area (Å²) in [6, 6.07) is -0.892. The van der Waals surface area contributed by atoms with E-state index in [2.05, 4.69) is 10.0 Å². The van der Waals surface area contributed by atoms with Crippen LogP contribution in [0.1, 0.15) is 13.8 Å². The standard InChI is InChI=1S/C10H13N3O6/c1-4(14)17-8-6-3-16-10(19-6)7(12-13-11)9(8)18-5(2)15/h6-10H,3H2,1-2H3. The third-order valence-electron chi connectivity index (χ3n) is 2.83. The number of fused-ring (bicyclic) bond motifs is 2. The number of nitrogens with zero attached hydrogens (tertiary/aromatic N) is 3. The number of azide groups is 1. The van der Waals surface area contributed by atoms with Gasteiger partial charge in [0, 0.05) is 18.8 Å². The van der Waals surface area contributed by atoms with Crippen LogP contribution in [-0.4, -0.2) is 49.2 Å². The molecule has 0 radical (unpaired) electrons. The average Bonchev–Trinajstić information content (AvgIpc) is 2.74. The molecule has 104 valence electrons. The zero-order valence-electron chi connectivity index (χ0n) is 10.4. The molecule has 19 heavy (non-hydrogen) atoms. The summed E-state index contributed by atoms with van der Waals surface area (Å²) in [5, 5.41) is 3.52. The Balaban J connectivity index is 2.28. The van der Waals surface area contributed by atoms with Crippen LogP contribution in [0.25, 0.3) is 10.4 Å². The lowest BCUT2D eigenvalue weighted by atomic mass is 9.99. The first-order valence-electron chi connectivity index (χ1n) is 5.68. The van der Waals surface area contributed by atoms with Crippen molar-refractivity contribution in [3.63, 3.8) is 0 Å². The van der Waals surface area contributed by atoms with E-state index >= 15 is 0 Å². The predicted molar refractivity (Wildman–Crippen MR) is 58.7 cm³/mol. The monoisotopic (exact) mass is 271 g/mol. The van der Waals surface area contributed by atoms with Crippen molar-refractivity contribution >= 4 is 11.9 Å². The number of hydrogen-bond acceptors (Lipinski definition) is 7.